The standard InChI is InChI=1S/C16H15IN2S/c17-13-5-3-4-11(8-13)15(19-18)9-12-10-20-16-7-2-1-6-14(12)16/h1-8,10,15,19H,9,18H2. The Balaban J connectivity index is 1.92. The quantitative estimate of drug-likeness (QED) is 0.395. The molecule has 0 aliphatic carbocycles. The van der Waals surface area contributed by atoms with Gasteiger partial charge in [-0.05, 0) is 69.1 Å². The smallest absolute Gasteiger partial charge is 0.0501 e. The summed E-state index contributed by atoms with van der Waals surface area (Å²) in [6.07, 6.45) is 0.903. The zero-order chi connectivity index (χ0) is 13.9. The van der Waals surface area contributed by atoms with Crippen molar-refractivity contribution in [2.24, 2.45) is 5.84 Å². The second kappa shape index (κ2) is 6.22. The summed E-state index contributed by atoms with van der Waals surface area (Å²) in [5, 5.41) is 3.58. The molecule has 0 aliphatic heterocycles. The Morgan fingerprint density at radius 3 is 2.80 bits per heavy atom. The molecule has 0 radical (unpaired) electrons. The summed E-state index contributed by atoms with van der Waals surface area (Å²) < 4.78 is 2.57. The summed E-state index contributed by atoms with van der Waals surface area (Å²) in [5.41, 5.74) is 5.54. The number of nitrogens with one attached hydrogen (secondary N) is 1. The molecule has 0 aliphatic rings. The van der Waals surface area contributed by atoms with Crippen molar-refractivity contribution >= 4 is 44.0 Å². The van der Waals surface area contributed by atoms with Crippen LogP contribution in [-0.2, 0) is 6.42 Å². The molecular formula is C16H15IN2S. The molecule has 0 fully saturated rings. The van der Waals surface area contributed by atoms with E-state index in [1.807, 2.05) is 0 Å². The molecule has 102 valence electrons. The van der Waals surface area contributed by atoms with Crippen LogP contribution in [0.5, 0.6) is 0 Å². The second-order valence-electron chi connectivity index (χ2n) is 4.74. The van der Waals surface area contributed by atoms with E-state index in [1.165, 1.54) is 24.8 Å². The SMILES string of the molecule is NNC(Cc1csc2ccccc12)c1cccc(I)c1. The van der Waals surface area contributed by atoms with Gasteiger partial charge in [0.25, 0.3) is 0 Å². The summed E-state index contributed by atoms with van der Waals surface area (Å²) in [5.74, 6) is 5.77. The number of hydrogen-bond acceptors (Lipinski definition) is 3. The van der Waals surface area contributed by atoms with Crippen LogP contribution in [0.2, 0.25) is 0 Å². The lowest BCUT2D eigenvalue weighted by molar-refractivity contribution is 0.554. The van der Waals surface area contributed by atoms with E-state index in [0.29, 0.717) is 0 Å². The van der Waals surface area contributed by atoms with E-state index in [1.54, 1.807) is 11.3 Å². The maximum Gasteiger partial charge on any atom is 0.0501 e. The van der Waals surface area contributed by atoms with Crippen LogP contribution in [-0.4, -0.2) is 0 Å². The normalized spacial score (nSPS) is 12.7. The fourth-order valence-electron chi connectivity index (χ4n) is 2.41. The first-order chi connectivity index (χ1) is 9.78. The highest BCUT2D eigenvalue weighted by Crippen LogP contribution is 2.29. The zero-order valence-electron chi connectivity index (χ0n) is 10.8. The van der Waals surface area contributed by atoms with Gasteiger partial charge >= 0.3 is 0 Å². The monoisotopic (exact) mass is 394 g/mol. The van der Waals surface area contributed by atoms with E-state index in [-0.39, 0.29) is 6.04 Å². The average Bonchev–Trinajstić information content (AvgIpc) is 2.88. The number of fused-ring (bicyclic) bond motifs is 1. The third kappa shape index (κ3) is 2.88. The minimum absolute atomic E-state index is 0.141. The van der Waals surface area contributed by atoms with Crippen LogP contribution < -0.4 is 11.3 Å². The fourth-order valence-corrected chi connectivity index (χ4v) is 3.95. The molecule has 2 aromatic carbocycles. The topological polar surface area (TPSA) is 38.0 Å². The minimum atomic E-state index is 0.141. The van der Waals surface area contributed by atoms with E-state index >= 15 is 0 Å². The number of hydrogen-bond donors (Lipinski definition) is 2. The van der Waals surface area contributed by atoms with Crippen molar-refractivity contribution in [2.45, 2.75) is 12.5 Å². The van der Waals surface area contributed by atoms with Crippen molar-refractivity contribution in [1.82, 2.24) is 5.43 Å². The molecule has 1 atom stereocenters. The Labute approximate surface area is 136 Å². The number of rotatable bonds is 4. The van der Waals surface area contributed by atoms with E-state index in [2.05, 4.69) is 81.9 Å². The molecule has 3 N–H and O–H groups in total. The van der Waals surface area contributed by atoms with Crippen molar-refractivity contribution in [3.8, 4) is 0 Å². The van der Waals surface area contributed by atoms with Crippen molar-refractivity contribution in [1.29, 1.82) is 0 Å². The van der Waals surface area contributed by atoms with Crippen LogP contribution >= 0.6 is 33.9 Å². The second-order valence-corrected chi connectivity index (χ2v) is 6.89. The van der Waals surface area contributed by atoms with E-state index < -0.39 is 0 Å². The molecule has 1 aromatic heterocycles. The van der Waals surface area contributed by atoms with Gasteiger partial charge in [0.1, 0.15) is 0 Å². The summed E-state index contributed by atoms with van der Waals surface area (Å²) in [4.78, 5) is 0. The third-order valence-electron chi connectivity index (χ3n) is 3.44. The Bertz CT molecular complexity index is 723. The highest BCUT2D eigenvalue weighted by atomic mass is 127. The first kappa shape index (κ1) is 14.0. The van der Waals surface area contributed by atoms with Crippen LogP contribution in [0, 0.1) is 3.57 Å². The number of benzene rings is 2. The van der Waals surface area contributed by atoms with Crippen LogP contribution in [0.15, 0.2) is 53.9 Å². The average molecular weight is 394 g/mol. The molecule has 0 spiro atoms. The van der Waals surface area contributed by atoms with Crippen LogP contribution in [0.4, 0.5) is 0 Å². The maximum atomic E-state index is 5.77. The Hall–Kier alpha value is -0.950. The van der Waals surface area contributed by atoms with Crippen LogP contribution in [0.25, 0.3) is 10.1 Å². The van der Waals surface area contributed by atoms with Gasteiger partial charge in [0, 0.05) is 8.27 Å². The molecular weight excluding hydrogens is 379 g/mol. The van der Waals surface area contributed by atoms with E-state index in [4.69, 9.17) is 5.84 Å². The van der Waals surface area contributed by atoms with Gasteiger partial charge < -0.3 is 0 Å². The van der Waals surface area contributed by atoms with Crippen molar-refractivity contribution in [3.63, 3.8) is 0 Å². The van der Waals surface area contributed by atoms with Gasteiger partial charge in [-0.1, -0.05) is 30.3 Å². The first-order valence-electron chi connectivity index (χ1n) is 6.44. The van der Waals surface area contributed by atoms with Crippen molar-refractivity contribution in [3.05, 3.63) is 68.6 Å². The number of halogens is 1. The van der Waals surface area contributed by atoms with Crippen LogP contribution in [0.1, 0.15) is 17.2 Å². The van der Waals surface area contributed by atoms with Gasteiger partial charge in [-0.15, -0.1) is 11.3 Å². The summed E-state index contributed by atoms with van der Waals surface area (Å²) in [7, 11) is 0. The molecule has 0 saturated heterocycles. The third-order valence-corrected chi connectivity index (χ3v) is 5.12. The predicted octanol–water partition coefficient (Wildman–Crippen LogP) is 4.25. The molecule has 2 nitrogen and oxygen atoms in total. The Morgan fingerprint density at radius 2 is 2.00 bits per heavy atom. The Morgan fingerprint density at radius 1 is 1.15 bits per heavy atom. The molecule has 3 aromatic rings. The Kier molecular flexibility index (Phi) is 4.35. The van der Waals surface area contributed by atoms with Crippen molar-refractivity contribution < 1.29 is 0 Å². The van der Waals surface area contributed by atoms with E-state index in [9.17, 15) is 0 Å². The van der Waals surface area contributed by atoms with Gasteiger partial charge in [-0.2, -0.15) is 0 Å². The highest BCUT2D eigenvalue weighted by Gasteiger charge is 2.13. The fraction of sp³-hybridized carbons (Fsp3) is 0.125. The molecule has 0 saturated carbocycles. The molecule has 0 bridgehead atoms. The summed E-state index contributed by atoms with van der Waals surface area (Å²) in [6, 6.07) is 17.1. The van der Waals surface area contributed by atoms with Gasteiger partial charge in [-0.3, -0.25) is 11.3 Å². The van der Waals surface area contributed by atoms with Gasteiger partial charge in [0.05, 0.1) is 6.04 Å². The highest BCUT2D eigenvalue weighted by molar-refractivity contribution is 14.1. The van der Waals surface area contributed by atoms with E-state index in [0.717, 1.165) is 6.42 Å². The molecule has 0 amide bonds. The molecule has 1 unspecified atom stereocenters. The number of hydrazine groups is 1. The number of thiophene rings is 1. The maximum absolute atomic E-state index is 5.77. The van der Waals surface area contributed by atoms with Gasteiger partial charge in [0.2, 0.25) is 0 Å². The van der Waals surface area contributed by atoms with Crippen molar-refractivity contribution in [2.75, 3.05) is 0 Å². The largest absolute Gasteiger partial charge is 0.271 e. The number of nitrogens with two attached hydrogens (primary N) is 1. The molecule has 3 rings (SSSR count). The minimum Gasteiger partial charge on any atom is -0.271 e. The van der Waals surface area contributed by atoms with Crippen LogP contribution in [0.3, 0.4) is 0 Å². The summed E-state index contributed by atoms with van der Waals surface area (Å²) >= 11 is 4.13. The first-order valence-corrected chi connectivity index (χ1v) is 8.40. The zero-order valence-corrected chi connectivity index (χ0v) is 13.8. The lowest BCUT2D eigenvalue weighted by Crippen LogP contribution is -2.29. The lowest BCUT2D eigenvalue weighted by Gasteiger charge is -2.16. The molecule has 4 heteroatoms. The molecule has 1 heterocycles. The lowest BCUT2D eigenvalue weighted by atomic mass is 9.99. The molecule has 20 heavy (non-hydrogen) atoms. The summed E-state index contributed by atoms with van der Waals surface area (Å²) in [6.45, 7) is 0. The predicted molar refractivity (Wildman–Crippen MR) is 94.8 cm³/mol. The van der Waals surface area contributed by atoms with Gasteiger partial charge in [-0.25, -0.2) is 0 Å². The van der Waals surface area contributed by atoms with Gasteiger partial charge in [0.15, 0.2) is 0 Å².